The summed E-state index contributed by atoms with van der Waals surface area (Å²) in [5, 5.41) is 3.89. The van der Waals surface area contributed by atoms with Crippen molar-refractivity contribution in [3.05, 3.63) is 40.9 Å². The number of carbonyl (C=O) groups is 1. The Kier molecular flexibility index (Phi) is 2.91. The van der Waals surface area contributed by atoms with Crippen LogP contribution in [0.3, 0.4) is 0 Å². The van der Waals surface area contributed by atoms with Crippen LogP contribution in [0.15, 0.2) is 39.5 Å². The maximum Gasteiger partial charge on any atom is 0.444 e. The maximum atomic E-state index is 11.7. The molecule has 0 aliphatic rings. The van der Waals surface area contributed by atoms with Crippen LogP contribution in [0.1, 0.15) is 18.6 Å². The number of hydrogen-bond acceptors (Lipinski definition) is 4. The van der Waals surface area contributed by atoms with E-state index in [1.54, 1.807) is 38.1 Å². The number of nitrogens with zero attached hydrogens (tertiary/aromatic N) is 2. The van der Waals surface area contributed by atoms with Gasteiger partial charge in [0.2, 0.25) is 5.89 Å². The second-order valence-electron chi connectivity index (χ2n) is 3.94. The molecule has 0 unspecified atom stereocenters. The zero-order valence-corrected chi connectivity index (χ0v) is 9.58. The van der Waals surface area contributed by atoms with Gasteiger partial charge in [-0.2, -0.15) is 0 Å². The normalized spacial score (nSPS) is 10.8. The van der Waals surface area contributed by atoms with Crippen molar-refractivity contribution in [2.45, 2.75) is 13.8 Å². The van der Waals surface area contributed by atoms with Gasteiger partial charge in [-0.25, -0.2) is 4.79 Å². The van der Waals surface area contributed by atoms with Gasteiger partial charge >= 0.3 is 5.76 Å². The highest BCUT2D eigenvalue weighted by Crippen LogP contribution is 2.14. The molecule has 0 aliphatic heterocycles. The van der Waals surface area contributed by atoms with E-state index in [0.29, 0.717) is 5.56 Å². The topological polar surface area (TPSA) is 65.1 Å². The Balaban J connectivity index is 2.45. The van der Waals surface area contributed by atoms with E-state index in [-0.39, 0.29) is 17.7 Å². The van der Waals surface area contributed by atoms with E-state index in [1.807, 2.05) is 6.07 Å². The van der Waals surface area contributed by atoms with Gasteiger partial charge in [-0.3, -0.25) is 4.79 Å². The average molecular weight is 232 g/mol. The van der Waals surface area contributed by atoms with Gasteiger partial charge in [-0.1, -0.05) is 32.0 Å². The van der Waals surface area contributed by atoms with Gasteiger partial charge in [0.25, 0.3) is 5.91 Å². The summed E-state index contributed by atoms with van der Waals surface area (Å²) in [6.45, 7) is 3.40. The van der Waals surface area contributed by atoms with Crippen molar-refractivity contribution in [2.75, 3.05) is 0 Å². The van der Waals surface area contributed by atoms with Crippen LogP contribution in [-0.2, 0) is 0 Å². The number of carbonyl (C=O) groups excluding carboxylic acids is 1. The molecule has 0 amide bonds. The van der Waals surface area contributed by atoms with Crippen molar-refractivity contribution in [2.24, 2.45) is 5.92 Å². The summed E-state index contributed by atoms with van der Waals surface area (Å²) in [7, 11) is 0. The second kappa shape index (κ2) is 4.37. The lowest BCUT2D eigenvalue weighted by Gasteiger charge is -1.99. The van der Waals surface area contributed by atoms with E-state index in [2.05, 4.69) is 5.10 Å². The summed E-state index contributed by atoms with van der Waals surface area (Å²) in [5.41, 5.74) is 0.667. The number of benzene rings is 1. The minimum absolute atomic E-state index is 0.157. The minimum atomic E-state index is -0.748. The van der Waals surface area contributed by atoms with Crippen molar-refractivity contribution >= 4 is 5.91 Å². The first kappa shape index (κ1) is 11.3. The standard InChI is InChI=1S/C12H12N2O3/c1-8(2)11(15)14-12(16)17-10(13-14)9-6-4-3-5-7-9/h3-8H,1-2H3. The lowest BCUT2D eigenvalue weighted by atomic mass is 10.2. The summed E-state index contributed by atoms with van der Waals surface area (Å²) in [6.07, 6.45) is 0. The summed E-state index contributed by atoms with van der Waals surface area (Å²) >= 11 is 0. The largest absolute Gasteiger partial charge is 0.444 e. The molecule has 17 heavy (non-hydrogen) atoms. The lowest BCUT2D eigenvalue weighted by Crippen LogP contribution is -2.27. The van der Waals surface area contributed by atoms with Crippen molar-refractivity contribution in [3.63, 3.8) is 0 Å². The van der Waals surface area contributed by atoms with Crippen molar-refractivity contribution in [3.8, 4) is 11.5 Å². The molecule has 0 N–H and O–H groups in total. The Bertz CT molecular complexity index is 581. The quantitative estimate of drug-likeness (QED) is 0.791. The maximum absolute atomic E-state index is 11.7. The Labute approximate surface area is 97.7 Å². The van der Waals surface area contributed by atoms with Gasteiger partial charge in [0.15, 0.2) is 0 Å². The SMILES string of the molecule is CC(C)C(=O)n1nc(-c2ccccc2)oc1=O. The van der Waals surface area contributed by atoms with Crippen LogP contribution in [0.2, 0.25) is 0 Å². The number of aromatic nitrogens is 2. The van der Waals surface area contributed by atoms with E-state index in [9.17, 15) is 9.59 Å². The fourth-order valence-electron chi connectivity index (χ4n) is 1.36. The minimum Gasteiger partial charge on any atom is -0.387 e. The molecule has 0 saturated carbocycles. The molecule has 1 aromatic carbocycles. The average Bonchev–Trinajstić information content (AvgIpc) is 2.71. The summed E-state index contributed by atoms with van der Waals surface area (Å²) < 4.78 is 5.72. The molecule has 88 valence electrons. The third-order valence-corrected chi connectivity index (χ3v) is 2.27. The van der Waals surface area contributed by atoms with Crippen LogP contribution in [0.5, 0.6) is 0 Å². The van der Waals surface area contributed by atoms with Crippen molar-refractivity contribution < 1.29 is 9.21 Å². The molecule has 0 atom stereocenters. The fourth-order valence-corrected chi connectivity index (χ4v) is 1.36. The first-order chi connectivity index (χ1) is 8.09. The van der Waals surface area contributed by atoms with E-state index >= 15 is 0 Å². The van der Waals surface area contributed by atoms with Crippen molar-refractivity contribution in [1.82, 2.24) is 9.78 Å². The van der Waals surface area contributed by atoms with Crippen LogP contribution >= 0.6 is 0 Å². The van der Waals surface area contributed by atoms with Gasteiger partial charge in [0, 0.05) is 11.5 Å². The molecule has 2 rings (SSSR count). The predicted octanol–water partition coefficient (Wildman–Crippen LogP) is 1.80. The zero-order valence-electron chi connectivity index (χ0n) is 9.58. The number of hydrogen-bond donors (Lipinski definition) is 0. The molecule has 5 nitrogen and oxygen atoms in total. The van der Waals surface area contributed by atoms with E-state index in [4.69, 9.17) is 4.42 Å². The summed E-state index contributed by atoms with van der Waals surface area (Å²) in [5.74, 6) is -1.27. The molecule has 0 fully saturated rings. The molecule has 0 bridgehead atoms. The van der Waals surface area contributed by atoms with Crippen LogP contribution in [0, 0.1) is 5.92 Å². The van der Waals surface area contributed by atoms with Crippen LogP contribution in [0.4, 0.5) is 0 Å². The Hall–Kier alpha value is -2.17. The second-order valence-corrected chi connectivity index (χ2v) is 3.94. The molecular weight excluding hydrogens is 220 g/mol. The monoisotopic (exact) mass is 232 g/mol. The van der Waals surface area contributed by atoms with Gasteiger partial charge < -0.3 is 4.42 Å². The molecule has 5 heteroatoms. The van der Waals surface area contributed by atoms with Crippen molar-refractivity contribution in [1.29, 1.82) is 0 Å². The third kappa shape index (κ3) is 2.18. The number of rotatable bonds is 2. The predicted molar refractivity (Wildman–Crippen MR) is 61.7 cm³/mol. The Morgan fingerprint density at radius 3 is 2.53 bits per heavy atom. The Morgan fingerprint density at radius 2 is 1.94 bits per heavy atom. The lowest BCUT2D eigenvalue weighted by molar-refractivity contribution is 0.0830. The van der Waals surface area contributed by atoms with E-state index < -0.39 is 5.76 Å². The molecule has 1 aromatic heterocycles. The molecular formula is C12H12N2O3. The fraction of sp³-hybridized carbons (Fsp3) is 0.250. The van der Waals surface area contributed by atoms with Crippen LogP contribution < -0.4 is 5.76 Å². The highest BCUT2D eigenvalue weighted by atomic mass is 16.4. The molecule has 0 radical (unpaired) electrons. The van der Waals surface area contributed by atoms with Gasteiger partial charge in [0.1, 0.15) is 0 Å². The molecule has 0 saturated heterocycles. The third-order valence-electron chi connectivity index (χ3n) is 2.27. The Morgan fingerprint density at radius 1 is 1.29 bits per heavy atom. The summed E-state index contributed by atoms with van der Waals surface area (Å²) in [4.78, 5) is 23.1. The van der Waals surface area contributed by atoms with E-state index in [0.717, 1.165) is 4.68 Å². The smallest absolute Gasteiger partial charge is 0.387 e. The van der Waals surface area contributed by atoms with Gasteiger partial charge in [-0.15, -0.1) is 9.78 Å². The van der Waals surface area contributed by atoms with Crippen LogP contribution in [0.25, 0.3) is 11.5 Å². The molecule has 2 aromatic rings. The first-order valence-corrected chi connectivity index (χ1v) is 5.29. The van der Waals surface area contributed by atoms with Gasteiger partial charge in [-0.05, 0) is 12.1 Å². The molecule has 1 heterocycles. The van der Waals surface area contributed by atoms with Crippen LogP contribution in [-0.4, -0.2) is 15.7 Å². The first-order valence-electron chi connectivity index (χ1n) is 5.29. The molecule has 0 aliphatic carbocycles. The highest BCUT2D eigenvalue weighted by molar-refractivity contribution is 5.79. The molecule has 0 spiro atoms. The zero-order chi connectivity index (χ0) is 12.4. The summed E-state index contributed by atoms with van der Waals surface area (Å²) in [6, 6.07) is 8.97. The highest BCUT2D eigenvalue weighted by Gasteiger charge is 2.18. The van der Waals surface area contributed by atoms with E-state index in [1.165, 1.54) is 0 Å². The van der Waals surface area contributed by atoms with Gasteiger partial charge in [0.05, 0.1) is 0 Å².